The third-order valence-corrected chi connectivity index (χ3v) is 4.02. The fraction of sp³-hybridized carbons (Fsp3) is 0.300. The highest BCUT2D eigenvalue weighted by molar-refractivity contribution is 6.31. The number of benzene rings is 2. The Morgan fingerprint density at radius 3 is 2.29 bits per heavy atom. The van der Waals surface area contributed by atoms with Crippen molar-refractivity contribution in [3.05, 3.63) is 47.0 Å². The number of anilines is 1. The highest BCUT2D eigenvalue weighted by Crippen LogP contribution is 2.30. The maximum absolute atomic E-state index is 12.0. The molecule has 0 unspecified atom stereocenters. The lowest BCUT2D eigenvalue weighted by atomic mass is 10.2. The van der Waals surface area contributed by atoms with Crippen molar-refractivity contribution in [1.29, 1.82) is 0 Å². The van der Waals surface area contributed by atoms with Crippen LogP contribution in [0.3, 0.4) is 0 Å². The van der Waals surface area contributed by atoms with Crippen LogP contribution in [-0.4, -0.2) is 38.8 Å². The number of nitrogens with one attached hydrogen (secondary N) is 1. The van der Waals surface area contributed by atoms with Gasteiger partial charge < -0.3 is 24.3 Å². The van der Waals surface area contributed by atoms with Crippen LogP contribution in [0, 0.1) is 6.92 Å². The molecule has 7 nitrogen and oxygen atoms in total. The molecule has 1 amide bonds. The SMILES string of the molecule is CCOc1ccc(OCC(=O)OCC(=O)Nc2cc(C)c(Cl)cc2OC)cc1. The average Bonchev–Trinajstić information content (AvgIpc) is 2.68. The molecular weight excluding hydrogens is 386 g/mol. The number of esters is 1. The molecule has 0 radical (unpaired) electrons. The van der Waals surface area contributed by atoms with Crippen molar-refractivity contribution in [1.82, 2.24) is 0 Å². The first kappa shape index (κ1) is 21.4. The van der Waals surface area contributed by atoms with Gasteiger partial charge in [-0.05, 0) is 49.7 Å². The Morgan fingerprint density at radius 2 is 1.68 bits per heavy atom. The lowest BCUT2D eigenvalue weighted by Crippen LogP contribution is -2.24. The Labute approximate surface area is 168 Å². The summed E-state index contributed by atoms with van der Waals surface area (Å²) in [6.07, 6.45) is 0. The molecule has 28 heavy (non-hydrogen) atoms. The summed E-state index contributed by atoms with van der Waals surface area (Å²) in [6.45, 7) is 3.49. The molecule has 0 aromatic heterocycles. The summed E-state index contributed by atoms with van der Waals surface area (Å²) in [5, 5.41) is 3.14. The van der Waals surface area contributed by atoms with E-state index in [0.29, 0.717) is 34.6 Å². The van der Waals surface area contributed by atoms with Crippen molar-refractivity contribution in [3.8, 4) is 17.2 Å². The number of hydrogen-bond acceptors (Lipinski definition) is 6. The quantitative estimate of drug-likeness (QED) is 0.639. The third-order valence-electron chi connectivity index (χ3n) is 3.61. The van der Waals surface area contributed by atoms with Crippen LogP contribution in [-0.2, 0) is 14.3 Å². The minimum atomic E-state index is -0.664. The summed E-state index contributed by atoms with van der Waals surface area (Å²) in [5.74, 6) is 0.444. The minimum absolute atomic E-state index is 0.315. The lowest BCUT2D eigenvalue weighted by Gasteiger charge is -2.12. The monoisotopic (exact) mass is 407 g/mol. The van der Waals surface area contributed by atoms with Crippen LogP contribution in [0.15, 0.2) is 36.4 Å². The summed E-state index contributed by atoms with van der Waals surface area (Å²) in [5.41, 5.74) is 1.22. The summed E-state index contributed by atoms with van der Waals surface area (Å²) in [7, 11) is 1.47. The van der Waals surface area contributed by atoms with Gasteiger partial charge in [-0.1, -0.05) is 11.6 Å². The van der Waals surface area contributed by atoms with Gasteiger partial charge in [0.25, 0.3) is 5.91 Å². The molecule has 0 atom stereocenters. The maximum Gasteiger partial charge on any atom is 0.344 e. The molecule has 0 aliphatic heterocycles. The normalized spacial score (nSPS) is 10.1. The Kier molecular flexibility index (Phi) is 7.95. The van der Waals surface area contributed by atoms with Crippen molar-refractivity contribution in [2.24, 2.45) is 0 Å². The number of methoxy groups -OCH3 is 1. The van der Waals surface area contributed by atoms with Crippen molar-refractivity contribution < 1.29 is 28.5 Å². The van der Waals surface area contributed by atoms with E-state index in [0.717, 1.165) is 5.56 Å². The molecule has 2 aromatic rings. The first-order valence-electron chi connectivity index (χ1n) is 8.58. The number of aryl methyl sites for hydroxylation is 1. The van der Waals surface area contributed by atoms with Crippen LogP contribution < -0.4 is 19.5 Å². The van der Waals surface area contributed by atoms with E-state index in [1.807, 2.05) is 6.92 Å². The van der Waals surface area contributed by atoms with E-state index in [2.05, 4.69) is 5.32 Å². The van der Waals surface area contributed by atoms with Crippen molar-refractivity contribution in [3.63, 3.8) is 0 Å². The summed E-state index contributed by atoms with van der Waals surface area (Å²) < 4.78 is 20.7. The summed E-state index contributed by atoms with van der Waals surface area (Å²) in [4.78, 5) is 23.8. The molecule has 2 rings (SSSR count). The van der Waals surface area contributed by atoms with E-state index < -0.39 is 18.5 Å². The zero-order valence-electron chi connectivity index (χ0n) is 15.9. The van der Waals surface area contributed by atoms with E-state index in [1.165, 1.54) is 7.11 Å². The first-order valence-corrected chi connectivity index (χ1v) is 8.96. The smallest absolute Gasteiger partial charge is 0.344 e. The number of rotatable bonds is 9. The highest BCUT2D eigenvalue weighted by Gasteiger charge is 2.13. The average molecular weight is 408 g/mol. The van der Waals surface area contributed by atoms with Gasteiger partial charge in [0.05, 0.1) is 19.4 Å². The fourth-order valence-electron chi connectivity index (χ4n) is 2.24. The molecular formula is C20H22ClNO6. The van der Waals surface area contributed by atoms with Crippen molar-refractivity contribution in [2.45, 2.75) is 13.8 Å². The highest BCUT2D eigenvalue weighted by atomic mass is 35.5. The van der Waals surface area contributed by atoms with Gasteiger partial charge in [-0.3, -0.25) is 4.79 Å². The predicted molar refractivity (Wildman–Crippen MR) is 105 cm³/mol. The van der Waals surface area contributed by atoms with Crippen LogP contribution >= 0.6 is 11.6 Å². The molecule has 0 fully saturated rings. The Balaban J connectivity index is 1.79. The number of amides is 1. The van der Waals surface area contributed by atoms with Crippen LogP contribution in [0.2, 0.25) is 5.02 Å². The summed E-state index contributed by atoms with van der Waals surface area (Å²) in [6, 6.07) is 10.1. The van der Waals surface area contributed by atoms with E-state index in [1.54, 1.807) is 43.3 Å². The first-order chi connectivity index (χ1) is 13.4. The van der Waals surface area contributed by atoms with Crippen LogP contribution in [0.25, 0.3) is 0 Å². The van der Waals surface area contributed by atoms with Gasteiger partial charge in [0.1, 0.15) is 17.2 Å². The van der Waals surface area contributed by atoms with E-state index in [4.69, 9.17) is 30.5 Å². The Morgan fingerprint density at radius 1 is 1.04 bits per heavy atom. The molecule has 150 valence electrons. The van der Waals surface area contributed by atoms with Gasteiger partial charge in [0.2, 0.25) is 0 Å². The molecule has 0 aliphatic carbocycles. The lowest BCUT2D eigenvalue weighted by molar-refractivity contribution is -0.149. The summed E-state index contributed by atoms with van der Waals surface area (Å²) >= 11 is 6.03. The van der Waals surface area contributed by atoms with E-state index in [-0.39, 0.29) is 6.61 Å². The zero-order valence-corrected chi connectivity index (χ0v) is 16.7. The van der Waals surface area contributed by atoms with Gasteiger partial charge >= 0.3 is 5.97 Å². The second-order valence-corrected chi connectivity index (χ2v) is 6.11. The zero-order chi connectivity index (χ0) is 20.5. The van der Waals surface area contributed by atoms with Crippen molar-refractivity contribution >= 4 is 29.2 Å². The molecule has 0 heterocycles. The van der Waals surface area contributed by atoms with Gasteiger partial charge in [-0.2, -0.15) is 0 Å². The van der Waals surface area contributed by atoms with Gasteiger partial charge in [0, 0.05) is 11.1 Å². The predicted octanol–water partition coefficient (Wildman–Crippen LogP) is 3.62. The van der Waals surface area contributed by atoms with Gasteiger partial charge in [-0.25, -0.2) is 4.79 Å². The Bertz CT molecular complexity index is 822. The fourth-order valence-corrected chi connectivity index (χ4v) is 2.40. The molecule has 0 saturated heterocycles. The maximum atomic E-state index is 12.0. The number of carbonyl (C=O) groups is 2. The molecule has 0 aliphatic rings. The standard InChI is InChI=1S/C20H22ClNO6/c1-4-26-14-5-7-15(8-6-14)27-12-20(24)28-11-19(23)22-17-9-13(2)16(21)10-18(17)25-3/h5-10H,4,11-12H2,1-3H3,(H,22,23). The second-order valence-electron chi connectivity index (χ2n) is 5.70. The van der Waals surface area contributed by atoms with E-state index in [9.17, 15) is 9.59 Å². The van der Waals surface area contributed by atoms with Gasteiger partial charge in [0.15, 0.2) is 13.2 Å². The second kappa shape index (κ2) is 10.4. The van der Waals surface area contributed by atoms with Crippen molar-refractivity contribution in [2.75, 3.05) is 32.2 Å². The molecule has 8 heteroatoms. The van der Waals surface area contributed by atoms with Crippen LogP contribution in [0.5, 0.6) is 17.2 Å². The molecule has 0 spiro atoms. The topological polar surface area (TPSA) is 83.1 Å². The van der Waals surface area contributed by atoms with E-state index >= 15 is 0 Å². The van der Waals surface area contributed by atoms with Crippen LogP contribution in [0.1, 0.15) is 12.5 Å². The van der Waals surface area contributed by atoms with Crippen LogP contribution in [0.4, 0.5) is 5.69 Å². The van der Waals surface area contributed by atoms with Gasteiger partial charge in [-0.15, -0.1) is 0 Å². The number of halogens is 1. The molecule has 0 saturated carbocycles. The minimum Gasteiger partial charge on any atom is -0.495 e. The molecule has 2 aromatic carbocycles. The number of carbonyl (C=O) groups excluding carboxylic acids is 2. The molecule has 0 bridgehead atoms. The molecule has 1 N–H and O–H groups in total. The third kappa shape index (κ3) is 6.35. The number of ether oxygens (including phenoxy) is 4. The Hall–Kier alpha value is -2.93. The number of hydrogen-bond donors (Lipinski definition) is 1. The largest absolute Gasteiger partial charge is 0.495 e.